The van der Waals surface area contributed by atoms with E-state index in [4.69, 9.17) is 5.11 Å². The molecule has 7 heteroatoms. The van der Waals surface area contributed by atoms with Crippen molar-refractivity contribution in [3.05, 3.63) is 41.5 Å². The molecule has 1 aromatic heterocycles. The van der Waals surface area contributed by atoms with Crippen LogP contribution in [-0.2, 0) is 11.2 Å². The summed E-state index contributed by atoms with van der Waals surface area (Å²) in [6.07, 6.45) is 0.923. The van der Waals surface area contributed by atoms with E-state index in [9.17, 15) is 9.18 Å². The number of nitrogens with zero attached hydrogens (tertiary/aromatic N) is 4. The molecule has 2 rings (SSSR count). The van der Waals surface area contributed by atoms with Crippen molar-refractivity contribution in [1.82, 2.24) is 20.2 Å². The van der Waals surface area contributed by atoms with Crippen LogP contribution in [0.25, 0.3) is 0 Å². The van der Waals surface area contributed by atoms with Crippen LogP contribution in [0, 0.1) is 5.82 Å². The van der Waals surface area contributed by atoms with Crippen LogP contribution in [0.5, 0.6) is 0 Å². The highest BCUT2D eigenvalue weighted by atomic mass is 19.1. The maximum atomic E-state index is 13.2. The van der Waals surface area contributed by atoms with E-state index in [1.807, 2.05) is 6.92 Å². The first kappa shape index (κ1) is 14.1. The summed E-state index contributed by atoms with van der Waals surface area (Å²) < 4.78 is 14.7. The summed E-state index contributed by atoms with van der Waals surface area (Å²) in [6, 6.07) is 5.88. The molecule has 1 heterocycles. The zero-order chi connectivity index (χ0) is 14.5. The second-order valence-electron chi connectivity index (χ2n) is 4.51. The van der Waals surface area contributed by atoms with Crippen LogP contribution in [0.4, 0.5) is 4.39 Å². The second kappa shape index (κ2) is 6.23. The molecule has 0 aliphatic rings. The Hall–Kier alpha value is -2.31. The van der Waals surface area contributed by atoms with Gasteiger partial charge in [0.2, 0.25) is 0 Å². The molecule has 0 aliphatic carbocycles. The molecule has 106 valence electrons. The van der Waals surface area contributed by atoms with Gasteiger partial charge in [0.05, 0.1) is 12.5 Å². The maximum Gasteiger partial charge on any atom is 0.305 e. The Labute approximate surface area is 115 Å². The zero-order valence-electron chi connectivity index (χ0n) is 11.0. The summed E-state index contributed by atoms with van der Waals surface area (Å²) in [5.41, 5.74) is 0.742. The van der Waals surface area contributed by atoms with E-state index in [0.29, 0.717) is 18.7 Å². The van der Waals surface area contributed by atoms with Gasteiger partial charge >= 0.3 is 5.97 Å². The smallest absolute Gasteiger partial charge is 0.305 e. The normalized spacial score (nSPS) is 12.3. The van der Waals surface area contributed by atoms with E-state index >= 15 is 0 Å². The SMILES string of the molecule is CCC(CC(=O)O)n1nnnc1Cc1cccc(F)c1. The minimum Gasteiger partial charge on any atom is -0.481 e. The van der Waals surface area contributed by atoms with Crippen molar-refractivity contribution in [2.75, 3.05) is 0 Å². The number of hydrogen-bond donors (Lipinski definition) is 1. The summed E-state index contributed by atoms with van der Waals surface area (Å²) in [7, 11) is 0. The van der Waals surface area contributed by atoms with E-state index in [-0.39, 0.29) is 18.3 Å². The van der Waals surface area contributed by atoms with Crippen molar-refractivity contribution in [1.29, 1.82) is 0 Å². The molecule has 0 aliphatic heterocycles. The summed E-state index contributed by atoms with van der Waals surface area (Å²) in [6.45, 7) is 1.88. The van der Waals surface area contributed by atoms with Gasteiger partial charge in [-0.15, -0.1) is 5.10 Å². The Morgan fingerprint density at radius 3 is 2.95 bits per heavy atom. The van der Waals surface area contributed by atoms with E-state index in [1.54, 1.807) is 12.1 Å². The lowest BCUT2D eigenvalue weighted by Crippen LogP contribution is -2.17. The van der Waals surface area contributed by atoms with Crippen LogP contribution in [0.2, 0.25) is 0 Å². The average Bonchev–Trinajstić information content (AvgIpc) is 2.84. The Morgan fingerprint density at radius 2 is 2.30 bits per heavy atom. The van der Waals surface area contributed by atoms with Crippen LogP contribution in [0.15, 0.2) is 24.3 Å². The summed E-state index contributed by atoms with van der Waals surface area (Å²) in [5.74, 6) is -0.688. The van der Waals surface area contributed by atoms with E-state index in [0.717, 1.165) is 5.56 Å². The number of carboxylic acids is 1. The highest BCUT2D eigenvalue weighted by molar-refractivity contribution is 5.67. The average molecular weight is 278 g/mol. The quantitative estimate of drug-likeness (QED) is 0.871. The molecule has 0 amide bonds. The molecule has 1 N–H and O–H groups in total. The van der Waals surface area contributed by atoms with Gasteiger partial charge in [0.25, 0.3) is 0 Å². The van der Waals surface area contributed by atoms with Crippen molar-refractivity contribution >= 4 is 5.97 Å². The Bertz CT molecular complexity index is 600. The summed E-state index contributed by atoms with van der Waals surface area (Å²) in [4.78, 5) is 10.8. The van der Waals surface area contributed by atoms with Gasteiger partial charge in [0.15, 0.2) is 5.82 Å². The van der Waals surface area contributed by atoms with Crippen LogP contribution in [-0.4, -0.2) is 31.3 Å². The van der Waals surface area contributed by atoms with Crippen LogP contribution in [0.3, 0.4) is 0 Å². The van der Waals surface area contributed by atoms with Gasteiger partial charge in [-0.2, -0.15) is 0 Å². The first-order chi connectivity index (χ1) is 9.60. The molecular formula is C13H15FN4O2. The zero-order valence-corrected chi connectivity index (χ0v) is 11.0. The Balaban J connectivity index is 2.21. The fourth-order valence-electron chi connectivity index (χ4n) is 2.05. The lowest BCUT2D eigenvalue weighted by atomic mass is 10.1. The molecule has 0 saturated carbocycles. The number of benzene rings is 1. The molecule has 6 nitrogen and oxygen atoms in total. The minimum atomic E-state index is -0.899. The summed E-state index contributed by atoms with van der Waals surface area (Å²) in [5, 5.41) is 20.3. The number of rotatable bonds is 6. The molecule has 0 saturated heterocycles. The topological polar surface area (TPSA) is 80.9 Å². The number of hydrogen-bond acceptors (Lipinski definition) is 4. The monoisotopic (exact) mass is 278 g/mol. The number of carboxylic acid groups (broad SMARTS) is 1. The predicted molar refractivity (Wildman–Crippen MR) is 68.6 cm³/mol. The second-order valence-corrected chi connectivity index (χ2v) is 4.51. The molecular weight excluding hydrogens is 263 g/mol. The van der Waals surface area contributed by atoms with Crippen molar-refractivity contribution in [2.45, 2.75) is 32.2 Å². The van der Waals surface area contributed by atoms with E-state index in [1.165, 1.54) is 16.8 Å². The predicted octanol–water partition coefficient (Wildman–Crippen LogP) is 1.83. The molecule has 1 unspecified atom stereocenters. The number of carbonyl (C=O) groups is 1. The summed E-state index contributed by atoms with van der Waals surface area (Å²) >= 11 is 0. The van der Waals surface area contributed by atoms with Crippen molar-refractivity contribution in [2.24, 2.45) is 0 Å². The molecule has 1 aromatic carbocycles. The molecule has 0 bridgehead atoms. The third-order valence-corrected chi connectivity index (χ3v) is 3.04. The Morgan fingerprint density at radius 1 is 1.50 bits per heavy atom. The number of aliphatic carboxylic acids is 1. The highest BCUT2D eigenvalue weighted by Crippen LogP contribution is 2.17. The van der Waals surface area contributed by atoms with Gasteiger partial charge in [0.1, 0.15) is 5.82 Å². The minimum absolute atomic E-state index is 0.0440. The molecule has 0 spiro atoms. The van der Waals surface area contributed by atoms with Gasteiger partial charge in [0, 0.05) is 6.42 Å². The van der Waals surface area contributed by atoms with Crippen LogP contribution >= 0.6 is 0 Å². The molecule has 0 radical (unpaired) electrons. The van der Waals surface area contributed by atoms with Gasteiger partial charge in [-0.25, -0.2) is 9.07 Å². The standard InChI is InChI=1S/C13H15FN4O2/c1-2-11(8-13(19)20)18-12(15-16-17-18)7-9-4-3-5-10(14)6-9/h3-6,11H,2,7-8H2,1H3,(H,19,20). The molecule has 20 heavy (non-hydrogen) atoms. The van der Waals surface area contributed by atoms with E-state index < -0.39 is 5.97 Å². The lowest BCUT2D eigenvalue weighted by molar-refractivity contribution is -0.138. The molecule has 2 aromatic rings. The van der Waals surface area contributed by atoms with Gasteiger partial charge < -0.3 is 5.11 Å². The number of halogens is 1. The van der Waals surface area contributed by atoms with Gasteiger partial charge in [-0.3, -0.25) is 4.79 Å². The van der Waals surface area contributed by atoms with Crippen molar-refractivity contribution in [3.8, 4) is 0 Å². The number of tetrazole rings is 1. The third kappa shape index (κ3) is 3.37. The fourth-order valence-corrected chi connectivity index (χ4v) is 2.05. The highest BCUT2D eigenvalue weighted by Gasteiger charge is 2.18. The third-order valence-electron chi connectivity index (χ3n) is 3.04. The number of aromatic nitrogens is 4. The first-order valence-corrected chi connectivity index (χ1v) is 6.33. The first-order valence-electron chi connectivity index (χ1n) is 6.33. The van der Waals surface area contributed by atoms with E-state index in [2.05, 4.69) is 15.5 Å². The van der Waals surface area contributed by atoms with Gasteiger partial charge in [-0.1, -0.05) is 19.1 Å². The Kier molecular flexibility index (Phi) is 4.39. The fraction of sp³-hybridized carbons (Fsp3) is 0.385. The maximum absolute atomic E-state index is 13.2. The molecule has 1 atom stereocenters. The lowest BCUT2D eigenvalue weighted by Gasteiger charge is -2.14. The van der Waals surface area contributed by atoms with Crippen molar-refractivity contribution in [3.63, 3.8) is 0 Å². The van der Waals surface area contributed by atoms with Crippen LogP contribution < -0.4 is 0 Å². The largest absolute Gasteiger partial charge is 0.481 e. The van der Waals surface area contributed by atoms with Crippen LogP contribution in [0.1, 0.15) is 37.2 Å². The van der Waals surface area contributed by atoms with Gasteiger partial charge in [-0.05, 0) is 34.5 Å². The van der Waals surface area contributed by atoms with Crippen molar-refractivity contribution < 1.29 is 14.3 Å². The molecule has 0 fully saturated rings.